The van der Waals surface area contributed by atoms with Crippen LogP contribution in [0.4, 0.5) is 0 Å². The third-order valence-corrected chi connectivity index (χ3v) is 4.57. The van der Waals surface area contributed by atoms with E-state index in [1.54, 1.807) is 6.92 Å². The van der Waals surface area contributed by atoms with Gasteiger partial charge < -0.3 is 10.1 Å². The molecule has 0 atom stereocenters. The molecule has 1 heterocycles. The van der Waals surface area contributed by atoms with E-state index in [0.29, 0.717) is 11.6 Å². The van der Waals surface area contributed by atoms with Crippen molar-refractivity contribution in [2.24, 2.45) is 0 Å². The Morgan fingerprint density at radius 3 is 2.80 bits per heavy atom. The molecule has 0 bridgehead atoms. The van der Waals surface area contributed by atoms with Crippen LogP contribution >= 0.6 is 11.8 Å². The number of aryl methyl sites for hydroxylation is 1. The van der Waals surface area contributed by atoms with Crippen molar-refractivity contribution in [3.05, 3.63) is 47.0 Å². The molecule has 0 spiro atoms. The van der Waals surface area contributed by atoms with Gasteiger partial charge in [-0.1, -0.05) is 42.1 Å². The van der Waals surface area contributed by atoms with Crippen LogP contribution < -0.4 is 5.32 Å². The van der Waals surface area contributed by atoms with Gasteiger partial charge in [0.05, 0.1) is 23.5 Å². The van der Waals surface area contributed by atoms with Gasteiger partial charge in [0.25, 0.3) is 0 Å². The van der Waals surface area contributed by atoms with Crippen LogP contribution in [0.1, 0.15) is 18.9 Å². The second-order valence-corrected chi connectivity index (χ2v) is 6.44. The summed E-state index contributed by atoms with van der Waals surface area (Å²) in [5.41, 5.74) is 1.22. The summed E-state index contributed by atoms with van der Waals surface area (Å²) in [6, 6.07) is 10.0. The number of thioether (sulfide) groups is 1. The number of rotatable bonds is 8. The lowest BCUT2D eigenvalue weighted by Crippen LogP contribution is -2.38. The predicted molar refractivity (Wildman–Crippen MR) is 96.7 cm³/mol. The number of ether oxygens (including phenoxy) is 1. The molecule has 0 aliphatic carbocycles. The molecule has 1 aromatic rings. The normalized spacial score (nSPS) is 15.5. The first-order valence-electron chi connectivity index (χ1n) is 8.22. The van der Waals surface area contributed by atoms with Crippen LogP contribution in [0.5, 0.6) is 0 Å². The van der Waals surface area contributed by atoms with Gasteiger partial charge >= 0.3 is 5.97 Å². The fraction of sp³-hybridized carbons (Fsp3) is 0.389. The number of hydrogen-bond acceptors (Lipinski definition) is 5. The Bertz CT molecular complexity index is 646. The molecule has 0 radical (unpaired) electrons. The van der Waals surface area contributed by atoms with Gasteiger partial charge in [-0.3, -0.25) is 14.5 Å². The van der Waals surface area contributed by atoms with Gasteiger partial charge in [-0.15, -0.1) is 0 Å². The minimum absolute atomic E-state index is 0.0809. The van der Waals surface area contributed by atoms with Crippen LogP contribution in [0.25, 0.3) is 0 Å². The average Bonchev–Trinajstić information content (AvgIpc) is 2.93. The molecule has 1 saturated heterocycles. The van der Waals surface area contributed by atoms with Crippen molar-refractivity contribution in [3.8, 4) is 0 Å². The van der Waals surface area contributed by atoms with Crippen LogP contribution in [0, 0.1) is 0 Å². The number of esters is 1. The Balaban J connectivity index is 1.77. The van der Waals surface area contributed by atoms with E-state index in [1.807, 2.05) is 30.3 Å². The topological polar surface area (TPSA) is 75.7 Å². The van der Waals surface area contributed by atoms with Crippen molar-refractivity contribution < 1.29 is 19.1 Å². The van der Waals surface area contributed by atoms with Gasteiger partial charge in [-0.05, 0) is 25.3 Å². The van der Waals surface area contributed by atoms with Gasteiger partial charge in [-0.2, -0.15) is 0 Å². The zero-order valence-corrected chi connectivity index (χ0v) is 15.0. The van der Waals surface area contributed by atoms with E-state index in [4.69, 9.17) is 4.74 Å². The number of benzene rings is 1. The van der Waals surface area contributed by atoms with Crippen molar-refractivity contribution in [1.29, 1.82) is 0 Å². The molecule has 134 valence electrons. The summed E-state index contributed by atoms with van der Waals surface area (Å²) < 4.78 is 4.85. The Labute approximate surface area is 151 Å². The molecule has 6 nitrogen and oxygen atoms in total. The Hall–Kier alpha value is -2.28. The lowest BCUT2D eigenvalue weighted by atomic mass is 10.1. The molecule has 1 aromatic carbocycles. The number of carbonyl (C=O) groups is 3. The van der Waals surface area contributed by atoms with E-state index < -0.39 is 5.97 Å². The molecule has 7 heteroatoms. The maximum atomic E-state index is 12.1. The van der Waals surface area contributed by atoms with E-state index >= 15 is 0 Å². The predicted octanol–water partition coefficient (Wildman–Crippen LogP) is 1.72. The van der Waals surface area contributed by atoms with Crippen molar-refractivity contribution in [2.45, 2.75) is 19.8 Å². The summed E-state index contributed by atoms with van der Waals surface area (Å²) in [6.45, 7) is 2.44. The van der Waals surface area contributed by atoms with Crippen molar-refractivity contribution in [1.82, 2.24) is 10.2 Å². The highest BCUT2D eigenvalue weighted by atomic mass is 32.2. The quantitative estimate of drug-likeness (QED) is 0.433. The highest BCUT2D eigenvalue weighted by molar-refractivity contribution is 8.04. The van der Waals surface area contributed by atoms with Crippen LogP contribution in [-0.2, 0) is 25.5 Å². The van der Waals surface area contributed by atoms with Crippen LogP contribution in [0.2, 0.25) is 0 Å². The standard InChI is InChI=1S/C18H22N2O4S/c1-2-24-18(23)11-17-20(16(22)13-25-17)12-15(21)19-10-6-9-14-7-4-3-5-8-14/h3-5,7-8,11H,2,6,9-10,12-13H2,1H3,(H,19,21)/b17-11-. The average molecular weight is 362 g/mol. The van der Waals surface area contributed by atoms with Gasteiger partial charge in [0.2, 0.25) is 11.8 Å². The van der Waals surface area contributed by atoms with E-state index in [9.17, 15) is 14.4 Å². The Morgan fingerprint density at radius 1 is 1.32 bits per heavy atom. The van der Waals surface area contributed by atoms with E-state index in [-0.39, 0.29) is 30.7 Å². The van der Waals surface area contributed by atoms with Crippen LogP contribution in [-0.4, -0.2) is 48.1 Å². The maximum absolute atomic E-state index is 12.1. The summed E-state index contributed by atoms with van der Waals surface area (Å²) in [7, 11) is 0. The number of nitrogens with one attached hydrogen (secondary N) is 1. The molecular formula is C18H22N2O4S. The van der Waals surface area contributed by atoms with Crippen molar-refractivity contribution in [2.75, 3.05) is 25.4 Å². The molecule has 0 aromatic heterocycles. The molecule has 1 aliphatic rings. The fourth-order valence-corrected chi connectivity index (χ4v) is 3.28. The molecule has 1 fully saturated rings. The first-order valence-corrected chi connectivity index (χ1v) is 9.21. The second-order valence-electron chi connectivity index (χ2n) is 5.44. The number of amides is 2. The zero-order valence-electron chi connectivity index (χ0n) is 14.2. The number of hydrogen-bond donors (Lipinski definition) is 1. The molecule has 2 amide bonds. The van der Waals surface area contributed by atoms with Crippen LogP contribution in [0.3, 0.4) is 0 Å². The number of nitrogens with zero attached hydrogens (tertiary/aromatic N) is 1. The minimum Gasteiger partial charge on any atom is -0.463 e. The zero-order chi connectivity index (χ0) is 18.1. The summed E-state index contributed by atoms with van der Waals surface area (Å²) >= 11 is 1.24. The molecular weight excluding hydrogens is 340 g/mol. The van der Waals surface area contributed by atoms with E-state index in [0.717, 1.165) is 12.8 Å². The monoisotopic (exact) mass is 362 g/mol. The summed E-state index contributed by atoms with van der Waals surface area (Å²) in [6.07, 6.45) is 2.97. The lowest BCUT2D eigenvalue weighted by Gasteiger charge is -2.16. The lowest BCUT2D eigenvalue weighted by molar-refractivity contribution is -0.137. The maximum Gasteiger partial charge on any atom is 0.333 e. The van der Waals surface area contributed by atoms with Gasteiger partial charge in [0.1, 0.15) is 6.54 Å². The molecule has 0 unspecified atom stereocenters. The molecule has 2 rings (SSSR count). The minimum atomic E-state index is -0.507. The smallest absolute Gasteiger partial charge is 0.333 e. The third kappa shape index (κ3) is 6.26. The van der Waals surface area contributed by atoms with Gasteiger partial charge in [0, 0.05) is 6.54 Å². The second kappa shape index (κ2) is 9.88. The molecule has 0 saturated carbocycles. The van der Waals surface area contributed by atoms with Crippen molar-refractivity contribution in [3.63, 3.8) is 0 Å². The van der Waals surface area contributed by atoms with E-state index in [1.165, 1.54) is 28.3 Å². The molecule has 1 aliphatic heterocycles. The summed E-state index contributed by atoms with van der Waals surface area (Å²) in [5, 5.41) is 3.27. The van der Waals surface area contributed by atoms with Crippen LogP contribution in [0.15, 0.2) is 41.4 Å². The SMILES string of the molecule is CCOC(=O)/C=C1\SCC(=O)N1CC(=O)NCCCc1ccccc1. The fourth-order valence-electron chi connectivity index (χ4n) is 2.35. The Kier molecular flexibility index (Phi) is 7.53. The Morgan fingerprint density at radius 2 is 2.08 bits per heavy atom. The molecule has 25 heavy (non-hydrogen) atoms. The van der Waals surface area contributed by atoms with Gasteiger partial charge in [0.15, 0.2) is 0 Å². The summed E-state index contributed by atoms with van der Waals surface area (Å²) in [4.78, 5) is 36.8. The highest BCUT2D eigenvalue weighted by Gasteiger charge is 2.29. The molecule has 1 N–H and O–H groups in total. The largest absolute Gasteiger partial charge is 0.463 e. The van der Waals surface area contributed by atoms with E-state index in [2.05, 4.69) is 5.32 Å². The highest BCUT2D eigenvalue weighted by Crippen LogP contribution is 2.28. The van der Waals surface area contributed by atoms with Crippen molar-refractivity contribution >= 4 is 29.5 Å². The number of carbonyl (C=O) groups excluding carboxylic acids is 3. The van der Waals surface area contributed by atoms with Gasteiger partial charge in [-0.25, -0.2) is 4.79 Å². The summed E-state index contributed by atoms with van der Waals surface area (Å²) in [5.74, 6) is -0.696. The first-order chi connectivity index (χ1) is 12.1. The first kappa shape index (κ1) is 19.1. The third-order valence-electron chi connectivity index (χ3n) is 3.55.